The zero-order valence-corrected chi connectivity index (χ0v) is 18.6. The monoisotopic (exact) mass is 421 g/mol. The number of esters is 1. The molecule has 2 aromatic rings. The van der Waals surface area contributed by atoms with Crippen LogP contribution in [0.4, 0.5) is 0 Å². The number of amides is 2. The Morgan fingerprint density at radius 2 is 1.71 bits per heavy atom. The van der Waals surface area contributed by atoms with Crippen LogP contribution in [0.15, 0.2) is 36.4 Å². The van der Waals surface area contributed by atoms with Crippen molar-refractivity contribution in [3.05, 3.63) is 47.5 Å². The Morgan fingerprint density at radius 1 is 1.06 bits per heavy atom. The van der Waals surface area contributed by atoms with Gasteiger partial charge in [-0.1, -0.05) is 51.5 Å². The molecule has 5 nitrogen and oxygen atoms in total. The molecular weight excluding hydrogens is 390 g/mol. The highest BCUT2D eigenvalue weighted by Crippen LogP contribution is 2.35. The minimum Gasteiger partial charge on any atom is -0.462 e. The lowest BCUT2D eigenvalue weighted by atomic mass is 9.75. The van der Waals surface area contributed by atoms with Crippen LogP contribution in [0.5, 0.6) is 0 Å². The molecule has 0 N–H and O–H groups in total. The average molecular weight is 422 g/mol. The fourth-order valence-electron chi connectivity index (χ4n) is 5.14. The average Bonchev–Trinajstić information content (AvgIpc) is 2.74. The minimum atomic E-state index is -0.288. The summed E-state index contributed by atoms with van der Waals surface area (Å²) in [5.41, 5.74) is 1.09. The summed E-state index contributed by atoms with van der Waals surface area (Å²) in [7, 11) is 0. The van der Waals surface area contributed by atoms with Crippen LogP contribution in [0.25, 0.3) is 10.8 Å². The van der Waals surface area contributed by atoms with Crippen LogP contribution >= 0.6 is 0 Å². The van der Waals surface area contributed by atoms with Crippen molar-refractivity contribution in [2.24, 2.45) is 17.8 Å². The van der Waals surface area contributed by atoms with E-state index < -0.39 is 0 Å². The second kappa shape index (κ2) is 8.81. The van der Waals surface area contributed by atoms with Gasteiger partial charge >= 0.3 is 5.97 Å². The SMILES string of the molecule is CC(C)[C@H]1CC[C@H](C)C[C@H]1OC(=O)CCCN1C(=O)c2cccc3cccc(c23)C1=O. The van der Waals surface area contributed by atoms with Crippen LogP contribution in [0, 0.1) is 17.8 Å². The summed E-state index contributed by atoms with van der Waals surface area (Å²) >= 11 is 0. The molecule has 1 saturated carbocycles. The van der Waals surface area contributed by atoms with Gasteiger partial charge in [-0.3, -0.25) is 19.3 Å². The van der Waals surface area contributed by atoms with Crippen LogP contribution in [-0.2, 0) is 9.53 Å². The predicted molar refractivity (Wildman–Crippen MR) is 120 cm³/mol. The third-order valence-electron chi connectivity index (χ3n) is 6.86. The van der Waals surface area contributed by atoms with E-state index in [2.05, 4.69) is 20.8 Å². The van der Waals surface area contributed by atoms with E-state index in [9.17, 15) is 14.4 Å². The first-order valence-corrected chi connectivity index (χ1v) is 11.4. The van der Waals surface area contributed by atoms with Crippen molar-refractivity contribution in [3.8, 4) is 0 Å². The molecule has 31 heavy (non-hydrogen) atoms. The Balaban J connectivity index is 1.38. The first-order valence-electron chi connectivity index (χ1n) is 11.4. The van der Waals surface area contributed by atoms with Gasteiger partial charge < -0.3 is 4.74 Å². The molecule has 0 radical (unpaired) electrons. The number of imide groups is 1. The molecule has 1 fully saturated rings. The van der Waals surface area contributed by atoms with Crippen molar-refractivity contribution in [1.82, 2.24) is 4.90 Å². The largest absolute Gasteiger partial charge is 0.462 e. The molecule has 1 aliphatic carbocycles. The highest BCUT2D eigenvalue weighted by atomic mass is 16.5. The van der Waals surface area contributed by atoms with Gasteiger partial charge in [-0.2, -0.15) is 0 Å². The van der Waals surface area contributed by atoms with E-state index in [1.54, 1.807) is 12.1 Å². The van der Waals surface area contributed by atoms with Gasteiger partial charge in [-0.15, -0.1) is 0 Å². The lowest BCUT2D eigenvalue weighted by molar-refractivity contribution is -0.156. The van der Waals surface area contributed by atoms with Crippen molar-refractivity contribution < 1.29 is 19.1 Å². The predicted octanol–water partition coefficient (Wildman–Crippen LogP) is 5.22. The van der Waals surface area contributed by atoms with Gasteiger partial charge in [0.15, 0.2) is 0 Å². The Bertz CT molecular complexity index is 961. The summed E-state index contributed by atoms with van der Waals surface area (Å²) in [4.78, 5) is 39.7. The highest BCUT2D eigenvalue weighted by Gasteiger charge is 2.34. The molecule has 164 valence electrons. The van der Waals surface area contributed by atoms with Crippen molar-refractivity contribution in [2.75, 3.05) is 6.54 Å². The molecule has 1 aliphatic heterocycles. The molecule has 0 saturated heterocycles. The highest BCUT2D eigenvalue weighted by molar-refractivity contribution is 6.25. The Kier molecular flexibility index (Phi) is 6.12. The van der Waals surface area contributed by atoms with E-state index in [0.29, 0.717) is 35.3 Å². The van der Waals surface area contributed by atoms with Gasteiger partial charge in [0.25, 0.3) is 11.8 Å². The van der Waals surface area contributed by atoms with E-state index in [0.717, 1.165) is 23.6 Å². The molecule has 5 heteroatoms. The second-order valence-electron chi connectivity index (χ2n) is 9.43. The van der Waals surface area contributed by atoms with Crippen molar-refractivity contribution in [1.29, 1.82) is 0 Å². The van der Waals surface area contributed by atoms with E-state index >= 15 is 0 Å². The summed E-state index contributed by atoms with van der Waals surface area (Å²) < 4.78 is 5.85. The lowest BCUT2D eigenvalue weighted by Gasteiger charge is -2.36. The molecule has 0 spiro atoms. The van der Waals surface area contributed by atoms with Gasteiger partial charge in [-0.05, 0) is 54.5 Å². The normalized spacial score (nSPS) is 23.5. The third kappa shape index (κ3) is 4.23. The zero-order valence-electron chi connectivity index (χ0n) is 18.6. The van der Waals surface area contributed by atoms with Crippen LogP contribution in [0.1, 0.15) is 73.6 Å². The standard InChI is InChI=1S/C26H31NO4/c1-16(2)19-13-12-17(3)15-22(19)31-23(28)11-6-14-27-25(29)20-9-4-7-18-8-5-10-21(24(18)20)26(27)30/h4-5,7-10,16-17,19,22H,6,11-15H2,1-3H3/t17-,19+,22+/m0/s1. The molecule has 2 aliphatic rings. The topological polar surface area (TPSA) is 63.7 Å². The summed E-state index contributed by atoms with van der Waals surface area (Å²) in [5, 5.41) is 1.61. The molecule has 4 rings (SSSR count). The molecule has 0 aromatic heterocycles. The van der Waals surface area contributed by atoms with Crippen molar-refractivity contribution >= 4 is 28.6 Å². The summed E-state index contributed by atoms with van der Waals surface area (Å²) in [6, 6.07) is 11.0. The Hall–Kier alpha value is -2.69. The summed E-state index contributed by atoms with van der Waals surface area (Å²) in [6.07, 6.45) is 3.78. The molecule has 3 atom stereocenters. The van der Waals surface area contributed by atoms with Gasteiger partial charge in [0.1, 0.15) is 6.10 Å². The van der Waals surface area contributed by atoms with Crippen LogP contribution in [0.3, 0.4) is 0 Å². The summed E-state index contributed by atoms with van der Waals surface area (Å²) in [6.45, 7) is 6.80. The fourth-order valence-corrected chi connectivity index (χ4v) is 5.14. The van der Waals surface area contributed by atoms with E-state index in [1.807, 2.05) is 24.3 Å². The van der Waals surface area contributed by atoms with E-state index in [4.69, 9.17) is 4.74 Å². The van der Waals surface area contributed by atoms with Crippen molar-refractivity contribution in [2.45, 2.75) is 59.0 Å². The zero-order chi connectivity index (χ0) is 22.1. The third-order valence-corrected chi connectivity index (χ3v) is 6.86. The molecule has 0 unspecified atom stereocenters. The lowest BCUT2D eigenvalue weighted by Crippen LogP contribution is -2.41. The number of nitrogens with zero attached hydrogens (tertiary/aromatic N) is 1. The van der Waals surface area contributed by atoms with Gasteiger partial charge in [-0.25, -0.2) is 0 Å². The molecular formula is C26H31NO4. The maximum Gasteiger partial charge on any atom is 0.306 e. The quantitative estimate of drug-likeness (QED) is 0.474. The fraction of sp³-hybridized carbons (Fsp3) is 0.500. The molecule has 2 amide bonds. The van der Waals surface area contributed by atoms with Crippen molar-refractivity contribution in [3.63, 3.8) is 0 Å². The number of benzene rings is 2. The number of rotatable bonds is 6. The first kappa shape index (κ1) is 21.5. The summed E-state index contributed by atoms with van der Waals surface area (Å²) in [5.74, 6) is 0.648. The van der Waals surface area contributed by atoms with Gasteiger partial charge in [0.2, 0.25) is 0 Å². The molecule has 2 aromatic carbocycles. The number of hydrogen-bond donors (Lipinski definition) is 0. The first-order chi connectivity index (χ1) is 14.9. The molecule has 0 bridgehead atoms. The molecule has 1 heterocycles. The maximum absolute atomic E-state index is 12.9. The second-order valence-corrected chi connectivity index (χ2v) is 9.43. The van der Waals surface area contributed by atoms with Crippen LogP contribution in [-0.4, -0.2) is 35.3 Å². The number of carbonyl (C=O) groups is 3. The number of ether oxygens (including phenoxy) is 1. The van der Waals surface area contributed by atoms with Crippen LogP contribution < -0.4 is 0 Å². The van der Waals surface area contributed by atoms with Crippen LogP contribution in [0.2, 0.25) is 0 Å². The minimum absolute atomic E-state index is 0.0287. The van der Waals surface area contributed by atoms with Gasteiger partial charge in [0, 0.05) is 29.5 Å². The maximum atomic E-state index is 12.9. The number of carbonyl (C=O) groups excluding carboxylic acids is 3. The smallest absolute Gasteiger partial charge is 0.306 e. The Labute approximate surface area is 183 Å². The van der Waals surface area contributed by atoms with E-state index in [1.165, 1.54) is 11.3 Å². The van der Waals surface area contributed by atoms with Gasteiger partial charge in [0.05, 0.1) is 0 Å². The van der Waals surface area contributed by atoms with E-state index in [-0.39, 0.29) is 36.9 Å². The Morgan fingerprint density at radius 3 is 2.32 bits per heavy atom. The number of hydrogen-bond acceptors (Lipinski definition) is 4.